The molecule has 0 radical (unpaired) electrons. The summed E-state index contributed by atoms with van der Waals surface area (Å²) in [7, 11) is -58.3. The first-order valence-corrected chi connectivity index (χ1v) is 40.5. The topological polar surface area (TPSA) is 932 Å². The monoisotopic (exact) mass is 1710 g/mol. The van der Waals surface area contributed by atoms with Crippen LogP contribution in [0.5, 0.6) is 0 Å². The van der Waals surface area contributed by atoms with Crippen molar-refractivity contribution in [1.29, 1.82) is 0 Å². The van der Waals surface area contributed by atoms with Gasteiger partial charge in [0.15, 0.2) is 75.8 Å². The van der Waals surface area contributed by atoms with Crippen molar-refractivity contribution in [1.82, 2.24) is 22.8 Å². The van der Waals surface area contributed by atoms with Gasteiger partial charge in [-0.15, -0.1) is 0 Å². The van der Waals surface area contributed by atoms with Crippen molar-refractivity contribution in [3.63, 3.8) is 0 Å². The Labute approximate surface area is 582 Å². The fourth-order valence-electron chi connectivity index (χ4n) is 6.83. The van der Waals surface area contributed by atoms with Crippen LogP contribution in [-0.2, 0) is 135 Å². The molecule has 0 saturated carbocycles. The van der Waals surface area contributed by atoms with Crippen LogP contribution in [0.15, 0.2) is 93.6 Å². The van der Waals surface area contributed by atoms with Crippen molar-refractivity contribution in [3.05, 3.63) is 93.6 Å². The van der Waals surface area contributed by atoms with Crippen molar-refractivity contribution in [2.24, 2.45) is 0 Å². The van der Waals surface area contributed by atoms with Gasteiger partial charge in [0.1, 0.15) is 94.7 Å². The van der Waals surface area contributed by atoms with E-state index in [9.17, 15) is 139 Å². The van der Waals surface area contributed by atoms with E-state index in [0.717, 1.165) is 122 Å². The second kappa shape index (κ2) is 38.2. The molecule has 0 amide bonds. The molecule has 0 aliphatic heterocycles. The van der Waals surface area contributed by atoms with E-state index in [1.807, 2.05) is 0 Å². The van der Waals surface area contributed by atoms with Crippen LogP contribution in [0, 0.1) is 0 Å². The van der Waals surface area contributed by atoms with Crippen LogP contribution in [0.1, 0.15) is 29.7 Å². The molecule has 0 spiro atoms. The Bertz CT molecular complexity index is 3510. The van der Waals surface area contributed by atoms with Crippen LogP contribution < -0.4 is 66.9 Å². The zero-order valence-corrected chi connectivity index (χ0v) is 57.8. The van der Waals surface area contributed by atoms with Gasteiger partial charge >= 0.3 is 57.7 Å². The molecule has 55 nitrogen and oxygen atoms in total. The van der Waals surface area contributed by atoms with E-state index < -0.39 is 197 Å². The lowest BCUT2D eigenvalue weighted by molar-refractivity contribution is -0.685. The predicted octanol–water partition coefficient (Wildman–Crippen LogP) is -13.8. The normalized spacial score (nSPS) is 16.6. The van der Waals surface area contributed by atoms with Gasteiger partial charge in [0.2, 0.25) is 41.8 Å². The third-order valence-corrected chi connectivity index (χ3v) is 29.9. The van der Waals surface area contributed by atoms with Gasteiger partial charge in [-0.2, -0.15) is 0 Å². The lowest BCUT2D eigenvalue weighted by atomic mass is 10.6. The number of carboxylic acid groups (broad SMARTS) is 5. The van der Waals surface area contributed by atoms with Gasteiger partial charge in [-0.3, -0.25) is 13.7 Å². The van der Waals surface area contributed by atoms with Gasteiger partial charge in [0, 0.05) is 0 Å². The molecule has 65 heteroatoms. The number of aliphatic hydroxyl groups is 5. The van der Waals surface area contributed by atoms with Gasteiger partial charge in [-0.25, -0.2) is 69.6 Å². The highest BCUT2D eigenvalue weighted by molar-refractivity contribution is 7.73. The van der Waals surface area contributed by atoms with Crippen LogP contribution in [0.2, 0.25) is 0 Å². The SMILES string of the molecule is C.C.C.C.O=C(O)C[n+]1ccn(CC(O)(P(=O)(O)O)P(=O)(O)O)c1.O=C(O)C[n+]1ccn(CC(O)(P(=O)([O-])O)P(=O)(O)O)c1.O=C(O)C[n+]1ccn(CC(O)(P(=O)([O-])O)P(=O)([O-])O)c1.O=C(O)C[n+]1ccn(CC(O)(P(=O)([O-])O)P(=O)([O-])O)c1.O=C(O)C[n+]1ccn(CC(O)(P(=O)([O-])[O-])P(=O)([O-])[O-])c1. The zero-order chi connectivity index (χ0) is 78.8. The Morgan fingerprint density at radius 1 is 0.279 bits per heavy atom. The first-order valence-electron chi connectivity index (χ1n) is 24.7. The predicted molar refractivity (Wildman–Crippen MR) is 313 cm³/mol. The van der Waals surface area contributed by atoms with Crippen molar-refractivity contribution in [3.8, 4) is 0 Å². The molecule has 5 rings (SSSR count). The second-order valence-corrected chi connectivity index (χ2v) is 39.5. The Morgan fingerprint density at radius 2 is 0.423 bits per heavy atom. The molecule has 21 N–H and O–H groups in total. The quantitative estimate of drug-likeness (QED) is 0.0150. The molecule has 6 atom stereocenters. The summed E-state index contributed by atoms with van der Waals surface area (Å²) in [4.78, 5) is 248. The molecule has 0 fully saturated rings. The average Bonchev–Trinajstić information content (AvgIpc) is 1.19. The summed E-state index contributed by atoms with van der Waals surface area (Å²) >= 11 is 0. The summed E-state index contributed by atoms with van der Waals surface area (Å²) in [6.45, 7) is -8.52. The van der Waals surface area contributed by atoms with Crippen molar-refractivity contribution in [2.75, 3.05) is 0 Å². The van der Waals surface area contributed by atoms with Crippen LogP contribution in [0.25, 0.3) is 0 Å². The van der Waals surface area contributed by atoms with Gasteiger partial charge in [0.05, 0.1) is 0 Å². The molecule has 602 valence electrons. The summed E-state index contributed by atoms with van der Waals surface area (Å²) in [6.07, 6.45) is 16.0. The zero-order valence-electron chi connectivity index (χ0n) is 48.9. The van der Waals surface area contributed by atoms with E-state index in [-0.39, 0.29) is 29.7 Å². The minimum Gasteiger partial charge on any atom is -0.808 e. The molecular formula is C39H72N10O45P10-4. The number of hydrogen-bond donors (Lipinski definition) is 21. The van der Waals surface area contributed by atoms with E-state index in [4.69, 9.17) is 79.4 Å². The fraction of sp³-hybridized carbons (Fsp3) is 0.487. The lowest BCUT2D eigenvalue weighted by Gasteiger charge is -2.54. The third-order valence-electron chi connectivity index (χ3n) is 11.8. The summed E-state index contributed by atoms with van der Waals surface area (Å²) in [5.74, 6) is -6.05. The largest absolute Gasteiger partial charge is 0.808 e. The van der Waals surface area contributed by atoms with Crippen molar-refractivity contribution >= 4 is 106 Å². The van der Waals surface area contributed by atoms with Gasteiger partial charge in [0.25, 0.3) is 5.08 Å². The molecule has 0 aliphatic rings. The number of carbonyl (C=O) groups is 5. The number of aromatic nitrogens is 10. The van der Waals surface area contributed by atoms with E-state index in [1.54, 1.807) is 0 Å². The number of carboxylic acids is 5. The van der Waals surface area contributed by atoms with Crippen LogP contribution in [-0.4, -0.2) is 183 Å². The molecule has 104 heavy (non-hydrogen) atoms. The van der Waals surface area contributed by atoms with Crippen molar-refractivity contribution < 1.29 is 241 Å². The minimum absolute atomic E-state index is 0. The number of nitrogens with zero attached hydrogens (tertiary/aromatic N) is 10. The Hall–Kier alpha value is -5.30. The van der Waals surface area contributed by atoms with Crippen molar-refractivity contribution in [2.45, 2.75) is 121 Å². The summed E-state index contributed by atoms with van der Waals surface area (Å²) in [5, 5.41) is 71.4. The maximum absolute atomic E-state index is 11.1. The summed E-state index contributed by atoms with van der Waals surface area (Å²) < 4.78 is 119. The maximum Gasteiger partial charge on any atom is 0.373 e. The number of hydrogen-bond acceptors (Lipinski definition) is 29. The number of aliphatic carboxylic acids is 5. The first-order chi connectivity index (χ1) is 44.3. The standard InChI is InChI=1S/5C7H12N2O9P2.4CH4/c5*10-6(11)3-8-1-2-9(5-8)4-7(12,19(13,14)15)20(16,17)18;;;;/h5*1-2,5,12H,3-4H2,(H4-,10,11,13,14,15,16,17,18);4*1H4/p-4. The molecule has 0 bridgehead atoms. The Morgan fingerprint density at radius 3 is 0.558 bits per heavy atom. The smallest absolute Gasteiger partial charge is 0.373 e. The molecule has 5 aromatic heterocycles. The van der Waals surface area contributed by atoms with Gasteiger partial charge < -0.3 is 181 Å². The Balaban J connectivity index is -0.000000595. The molecule has 0 aliphatic carbocycles. The van der Waals surface area contributed by atoms with Crippen LogP contribution >= 0.6 is 76.0 Å². The van der Waals surface area contributed by atoms with Crippen LogP contribution in [0.3, 0.4) is 0 Å². The molecule has 0 aromatic carbocycles. The molecule has 5 aromatic rings. The second-order valence-electron chi connectivity index (χ2n) is 19.9. The van der Waals surface area contributed by atoms with Crippen LogP contribution in [0.4, 0.5) is 0 Å². The lowest BCUT2D eigenvalue weighted by Crippen LogP contribution is -2.48. The van der Waals surface area contributed by atoms with Gasteiger partial charge in [-0.1, -0.05) is 29.7 Å². The Kier molecular flexibility index (Phi) is 38.6. The third kappa shape index (κ3) is 29.0. The van der Waals surface area contributed by atoms with E-state index in [2.05, 4.69) is 0 Å². The molecular weight excluding hydrogens is 1640 g/mol. The van der Waals surface area contributed by atoms with E-state index >= 15 is 0 Å². The maximum atomic E-state index is 11.1. The van der Waals surface area contributed by atoms with Gasteiger partial charge in [-0.05, 0) is 15.2 Å². The summed E-state index contributed by atoms with van der Waals surface area (Å²) in [6, 6.07) is 0. The fourth-order valence-corrected chi connectivity index (χ4v) is 16.7. The molecule has 5 heterocycles. The highest BCUT2D eigenvalue weighted by atomic mass is 31.3. The first kappa shape index (κ1) is 105. The number of rotatable bonds is 30. The molecule has 0 saturated heterocycles. The van der Waals surface area contributed by atoms with E-state index in [0.29, 0.717) is 4.57 Å². The number of imidazole rings is 5. The minimum atomic E-state index is -6.17. The summed E-state index contributed by atoms with van der Waals surface area (Å²) in [5.41, 5.74) is 0. The highest BCUT2D eigenvalue weighted by Crippen LogP contribution is 2.69. The average molecular weight is 1710 g/mol. The molecule has 6 unspecified atom stereocenters. The highest BCUT2D eigenvalue weighted by Gasteiger charge is 2.61. The van der Waals surface area contributed by atoms with E-state index in [1.165, 1.54) is 12.4 Å².